The molecule has 0 fully saturated rings. The Bertz CT molecular complexity index is 501. The van der Waals surface area contributed by atoms with E-state index in [4.69, 9.17) is 0 Å². The van der Waals surface area contributed by atoms with Crippen molar-refractivity contribution in [1.29, 1.82) is 0 Å². The van der Waals surface area contributed by atoms with Crippen LogP contribution in [0.5, 0.6) is 0 Å². The summed E-state index contributed by atoms with van der Waals surface area (Å²) in [5.41, 5.74) is 1.17. The largest absolute Gasteiger partial charge is 0.428 e. The summed E-state index contributed by atoms with van der Waals surface area (Å²) in [7, 11) is -2.75. The number of rotatable bonds is 5. The summed E-state index contributed by atoms with van der Waals surface area (Å²) in [5.74, 6) is 0. The summed E-state index contributed by atoms with van der Waals surface area (Å²) in [6.45, 7) is 1.96. The molecule has 0 spiro atoms. The van der Waals surface area contributed by atoms with Gasteiger partial charge in [-0.25, -0.2) is 0 Å². The van der Waals surface area contributed by atoms with Crippen LogP contribution in [-0.4, -0.2) is 18.2 Å². The minimum atomic E-state index is -2.75. The van der Waals surface area contributed by atoms with Gasteiger partial charge in [-0.2, -0.15) is 0 Å². The van der Waals surface area contributed by atoms with Crippen LogP contribution in [0.25, 0.3) is 0 Å². The molecule has 0 saturated heterocycles. The summed E-state index contributed by atoms with van der Waals surface area (Å²) >= 11 is 0. The van der Waals surface area contributed by atoms with Gasteiger partial charge in [0.25, 0.3) is 0 Å². The maximum atomic E-state index is 10.9. The van der Waals surface area contributed by atoms with Gasteiger partial charge in [0.1, 0.15) is 0 Å². The first-order valence-corrected chi connectivity index (χ1v) is 9.09. The molecule has 0 bridgehead atoms. The number of aliphatic hydroxyl groups excluding tert-OH is 1. The molecule has 0 aliphatic rings. The van der Waals surface area contributed by atoms with Gasteiger partial charge in [0.05, 0.1) is 5.73 Å². The molecule has 3 heteroatoms. The second kappa shape index (κ2) is 6.15. The predicted octanol–water partition coefficient (Wildman–Crippen LogP) is 3.00. The molecule has 0 saturated carbocycles. The third-order valence-electron chi connectivity index (χ3n) is 3.59. The highest BCUT2D eigenvalue weighted by atomic mass is 28.4. The number of hydrogen-bond donors (Lipinski definition) is 2. The molecule has 0 aromatic heterocycles. The summed E-state index contributed by atoms with van der Waals surface area (Å²) in [6, 6.07) is 20.6. The van der Waals surface area contributed by atoms with Gasteiger partial charge in [-0.05, 0) is 23.2 Å². The van der Waals surface area contributed by atoms with Gasteiger partial charge in [-0.1, -0.05) is 67.6 Å². The molecule has 100 valence electrons. The van der Waals surface area contributed by atoms with Crippen molar-refractivity contribution >= 4 is 8.32 Å². The van der Waals surface area contributed by atoms with E-state index in [-0.39, 0.29) is 0 Å². The minimum Gasteiger partial charge on any atom is -0.428 e. The van der Waals surface area contributed by atoms with E-state index < -0.39 is 14.0 Å². The third kappa shape index (κ3) is 3.32. The first-order valence-electron chi connectivity index (χ1n) is 6.65. The van der Waals surface area contributed by atoms with Crippen LogP contribution in [0.15, 0.2) is 60.7 Å². The Morgan fingerprint density at radius 2 is 1.47 bits per heavy atom. The van der Waals surface area contributed by atoms with Crippen LogP contribution in [-0.2, 0) is 6.04 Å². The molecule has 19 heavy (non-hydrogen) atoms. The quantitative estimate of drug-likeness (QED) is 0.822. The zero-order valence-corrected chi connectivity index (χ0v) is 12.2. The lowest BCUT2D eigenvalue weighted by molar-refractivity contribution is 0.221. The fourth-order valence-electron chi connectivity index (χ4n) is 2.31. The van der Waals surface area contributed by atoms with Crippen molar-refractivity contribution in [2.45, 2.75) is 24.7 Å². The lowest BCUT2D eigenvalue weighted by atomic mass is 10.2. The highest BCUT2D eigenvalue weighted by Crippen LogP contribution is 2.28. The van der Waals surface area contributed by atoms with Gasteiger partial charge in [0, 0.05) is 0 Å². The molecule has 2 atom stereocenters. The van der Waals surface area contributed by atoms with Gasteiger partial charge >= 0.3 is 0 Å². The van der Waals surface area contributed by atoms with Crippen molar-refractivity contribution < 1.29 is 9.90 Å². The van der Waals surface area contributed by atoms with Crippen LogP contribution in [0, 0.1) is 0 Å². The van der Waals surface area contributed by atoms with Crippen molar-refractivity contribution in [3.05, 3.63) is 71.8 Å². The summed E-state index contributed by atoms with van der Waals surface area (Å²) < 4.78 is 0. The molecule has 2 aromatic rings. The van der Waals surface area contributed by atoms with E-state index in [1.807, 2.05) is 67.6 Å². The average Bonchev–Trinajstić information content (AvgIpc) is 2.48. The Morgan fingerprint density at radius 1 is 0.947 bits per heavy atom. The van der Waals surface area contributed by atoms with E-state index in [9.17, 15) is 9.90 Å². The Labute approximate surface area is 115 Å². The Kier molecular flexibility index (Phi) is 4.53. The molecular weight excluding hydrogens is 252 g/mol. The lowest BCUT2D eigenvalue weighted by Gasteiger charge is -2.29. The fourth-order valence-corrected chi connectivity index (χ4v) is 4.90. The first kappa shape index (κ1) is 14.0. The van der Waals surface area contributed by atoms with Crippen LogP contribution in [0.1, 0.15) is 23.8 Å². The standard InChI is InChI=1S/C16H20O2Si/c1-2-19(18,13-14-9-5-3-6-10-14)16(17)15-11-7-4-8-12-15/h3-12,16-18H,2,13H2,1H3. The van der Waals surface area contributed by atoms with Crippen molar-refractivity contribution in [3.63, 3.8) is 0 Å². The van der Waals surface area contributed by atoms with Crippen molar-refractivity contribution in [3.8, 4) is 0 Å². The van der Waals surface area contributed by atoms with Crippen molar-refractivity contribution in [2.75, 3.05) is 0 Å². The number of benzene rings is 2. The van der Waals surface area contributed by atoms with Crippen LogP contribution in [0.2, 0.25) is 6.04 Å². The fraction of sp³-hybridized carbons (Fsp3) is 0.250. The van der Waals surface area contributed by atoms with Crippen LogP contribution in [0.4, 0.5) is 0 Å². The van der Waals surface area contributed by atoms with Crippen molar-refractivity contribution in [1.82, 2.24) is 0 Å². The van der Waals surface area contributed by atoms with E-state index >= 15 is 0 Å². The predicted molar refractivity (Wildman–Crippen MR) is 80.0 cm³/mol. The highest BCUT2D eigenvalue weighted by Gasteiger charge is 2.38. The molecular formula is C16H20O2Si. The van der Waals surface area contributed by atoms with Crippen LogP contribution >= 0.6 is 0 Å². The normalized spacial score (nSPS) is 15.7. The molecule has 0 aliphatic carbocycles. The van der Waals surface area contributed by atoms with Crippen LogP contribution in [0.3, 0.4) is 0 Å². The van der Waals surface area contributed by atoms with E-state index in [1.165, 1.54) is 0 Å². The third-order valence-corrected chi connectivity index (χ3v) is 7.19. The van der Waals surface area contributed by atoms with Gasteiger partial charge < -0.3 is 9.90 Å². The summed E-state index contributed by atoms with van der Waals surface area (Å²) in [4.78, 5) is 10.9. The maximum Gasteiger partial charge on any atom is 0.225 e. The smallest absolute Gasteiger partial charge is 0.225 e. The number of hydrogen-bond acceptors (Lipinski definition) is 2. The number of aliphatic hydroxyl groups is 1. The first-order chi connectivity index (χ1) is 9.15. The second-order valence-electron chi connectivity index (χ2n) is 4.93. The van der Waals surface area contributed by atoms with E-state index in [2.05, 4.69) is 0 Å². The van der Waals surface area contributed by atoms with Gasteiger partial charge in [0.2, 0.25) is 8.32 Å². The van der Waals surface area contributed by atoms with E-state index in [0.29, 0.717) is 12.1 Å². The monoisotopic (exact) mass is 272 g/mol. The van der Waals surface area contributed by atoms with E-state index in [0.717, 1.165) is 11.1 Å². The Morgan fingerprint density at radius 3 is 2.00 bits per heavy atom. The molecule has 2 nitrogen and oxygen atoms in total. The van der Waals surface area contributed by atoms with Gasteiger partial charge in [-0.15, -0.1) is 0 Å². The highest BCUT2D eigenvalue weighted by molar-refractivity contribution is 6.72. The van der Waals surface area contributed by atoms with E-state index in [1.54, 1.807) is 0 Å². The molecule has 2 rings (SSSR count). The SMILES string of the molecule is CC[Si](O)(Cc1ccccc1)C(O)c1ccccc1. The second-order valence-corrected chi connectivity index (χ2v) is 8.75. The topological polar surface area (TPSA) is 40.5 Å². The molecule has 0 radical (unpaired) electrons. The zero-order chi connectivity index (χ0) is 13.7. The Hall–Kier alpha value is -1.42. The lowest BCUT2D eigenvalue weighted by Crippen LogP contribution is -2.44. The zero-order valence-electron chi connectivity index (χ0n) is 11.2. The summed E-state index contributed by atoms with van der Waals surface area (Å²) in [5, 5.41) is 10.5. The Balaban J connectivity index is 2.22. The molecule has 2 aromatic carbocycles. The molecule has 0 aliphatic heterocycles. The summed E-state index contributed by atoms with van der Waals surface area (Å²) in [6.07, 6.45) is 0. The minimum absolute atomic E-state index is 0.584. The van der Waals surface area contributed by atoms with Crippen molar-refractivity contribution in [2.24, 2.45) is 0 Å². The van der Waals surface area contributed by atoms with Gasteiger partial charge in [0.15, 0.2) is 0 Å². The molecule has 0 heterocycles. The maximum absolute atomic E-state index is 10.9. The van der Waals surface area contributed by atoms with Crippen LogP contribution < -0.4 is 0 Å². The molecule has 2 N–H and O–H groups in total. The average molecular weight is 272 g/mol. The molecule has 0 amide bonds. The van der Waals surface area contributed by atoms with Gasteiger partial charge in [-0.3, -0.25) is 0 Å². The molecule has 2 unspecified atom stereocenters.